The highest BCUT2D eigenvalue weighted by Gasteiger charge is 2.19. The van der Waals surface area contributed by atoms with E-state index in [1.165, 1.54) is 220 Å². The summed E-state index contributed by atoms with van der Waals surface area (Å²) in [6.07, 6.45) is 21.0. The average molecular weight is 992 g/mol. The van der Waals surface area contributed by atoms with Gasteiger partial charge in [-0.2, -0.15) is 0 Å². The molecule has 10 aromatic rings. The minimum atomic E-state index is 1.13. The number of rotatable bonds is 25. The van der Waals surface area contributed by atoms with Crippen LogP contribution in [0, 0.1) is 0 Å². The number of fused-ring (bicyclic) bond motifs is 8. The van der Waals surface area contributed by atoms with Crippen LogP contribution in [0.3, 0.4) is 0 Å². The van der Waals surface area contributed by atoms with Crippen molar-refractivity contribution in [2.45, 2.75) is 136 Å². The summed E-state index contributed by atoms with van der Waals surface area (Å²) in [5.74, 6) is 4.61. The fourth-order valence-corrected chi connectivity index (χ4v) is 15.5. The van der Waals surface area contributed by atoms with Crippen molar-refractivity contribution in [3.63, 3.8) is 0 Å². The van der Waals surface area contributed by atoms with Gasteiger partial charge in [-0.25, -0.2) is 0 Å². The van der Waals surface area contributed by atoms with E-state index in [1.54, 1.807) is 0 Å². The maximum Gasteiger partial charge on any atom is 0.0230 e. The molecule has 4 heteroatoms. The smallest absolute Gasteiger partial charge is 0.0230 e. The van der Waals surface area contributed by atoms with Crippen molar-refractivity contribution in [3.05, 3.63) is 146 Å². The predicted molar refractivity (Wildman–Crippen MR) is 321 cm³/mol. The van der Waals surface area contributed by atoms with Crippen molar-refractivity contribution in [2.75, 3.05) is 23.0 Å². The topological polar surface area (TPSA) is 0 Å². The van der Waals surface area contributed by atoms with E-state index in [0.717, 1.165) is 11.5 Å². The molecule has 0 aromatic heterocycles. The van der Waals surface area contributed by atoms with Crippen LogP contribution in [0.4, 0.5) is 0 Å². The number of unbranched alkanes of at least 4 members (excludes halogenated alkanes) is 13. The summed E-state index contributed by atoms with van der Waals surface area (Å²) in [4.78, 5) is 5.88. The first-order chi connectivity index (χ1) is 34.7. The first-order valence-electron chi connectivity index (χ1n) is 26.8. The molecule has 0 N–H and O–H groups in total. The van der Waals surface area contributed by atoms with Crippen LogP contribution in [0.15, 0.2) is 165 Å². The fraction of sp³-hybridized carbons (Fsp3) is 0.333. The largest absolute Gasteiger partial charge is 0.125 e. The standard InChI is InChI=1S/C66H70S4/c1-3-5-7-9-11-23-35-67-63-55-39-47-27-15-19-31-51(47)43-59(55)65(60-44-52-32-20-16-28-48(52)40-56(60)63)69-37-25-13-14-26-38-70-66-61-45-53-33-21-17-29-49(53)41-57(61)64(68-36-24-12-10-8-6-4-2)58-42-50-30-18-22-34-54(50)46-62(58)66/h15-22,27-34,39-46H,3-14,23-26,35-38H2,1-2H3. The van der Waals surface area contributed by atoms with Crippen molar-refractivity contribution in [2.24, 2.45) is 0 Å². The Morgan fingerprint density at radius 1 is 0.229 bits per heavy atom. The van der Waals surface area contributed by atoms with Gasteiger partial charge in [-0.1, -0.05) is 188 Å². The van der Waals surface area contributed by atoms with Crippen LogP contribution in [-0.2, 0) is 0 Å². The van der Waals surface area contributed by atoms with Crippen molar-refractivity contribution < 1.29 is 0 Å². The Bertz CT molecular complexity index is 2970. The lowest BCUT2D eigenvalue weighted by molar-refractivity contribution is 0.627. The van der Waals surface area contributed by atoms with Gasteiger partial charge in [0, 0.05) is 19.6 Å². The normalized spacial score (nSPS) is 12.1. The second-order valence-corrected chi connectivity index (χ2v) is 24.1. The Morgan fingerprint density at radius 2 is 0.400 bits per heavy atom. The summed E-state index contributed by atoms with van der Waals surface area (Å²) >= 11 is 8.42. The maximum absolute atomic E-state index is 2.51. The Labute approximate surface area is 434 Å². The molecule has 0 fully saturated rings. The van der Waals surface area contributed by atoms with Gasteiger partial charge >= 0.3 is 0 Å². The van der Waals surface area contributed by atoms with E-state index >= 15 is 0 Å². The molecule has 10 rings (SSSR count). The molecule has 0 spiro atoms. The molecule has 0 heterocycles. The van der Waals surface area contributed by atoms with Gasteiger partial charge in [-0.05, 0) is 183 Å². The van der Waals surface area contributed by atoms with E-state index in [1.807, 2.05) is 0 Å². The molecule has 0 nitrogen and oxygen atoms in total. The van der Waals surface area contributed by atoms with Crippen molar-refractivity contribution in [1.29, 1.82) is 0 Å². The van der Waals surface area contributed by atoms with Crippen LogP contribution in [0.5, 0.6) is 0 Å². The molecule has 0 saturated heterocycles. The summed E-state index contributed by atoms with van der Waals surface area (Å²) in [7, 11) is 0. The monoisotopic (exact) mass is 990 g/mol. The molecule has 70 heavy (non-hydrogen) atoms. The Kier molecular flexibility index (Phi) is 17.2. The molecule has 0 aliphatic carbocycles. The third kappa shape index (κ3) is 11.3. The highest BCUT2D eigenvalue weighted by atomic mass is 32.2. The molecule has 10 aromatic carbocycles. The summed E-state index contributed by atoms with van der Waals surface area (Å²) in [5.41, 5.74) is 0. The van der Waals surface area contributed by atoms with E-state index < -0.39 is 0 Å². The lowest BCUT2D eigenvalue weighted by atomic mass is 9.97. The summed E-state index contributed by atoms with van der Waals surface area (Å²) in [6.45, 7) is 4.62. The van der Waals surface area contributed by atoms with Crippen LogP contribution in [0.2, 0.25) is 0 Å². The van der Waals surface area contributed by atoms with Crippen molar-refractivity contribution >= 4 is 133 Å². The van der Waals surface area contributed by atoms with Crippen molar-refractivity contribution in [3.8, 4) is 0 Å². The van der Waals surface area contributed by atoms with Gasteiger partial charge in [0.25, 0.3) is 0 Å². The van der Waals surface area contributed by atoms with Gasteiger partial charge in [0.15, 0.2) is 0 Å². The minimum absolute atomic E-state index is 1.13. The zero-order chi connectivity index (χ0) is 47.5. The molecule has 0 atom stereocenters. The zero-order valence-corrected chi connectivity index (χ0v) is 44.9. The van der Waals surface area contributed by atoms with Gasteiger partial charge in [0.05, 0.1) is 0 Å². The van der Waals surface area contributed by atoms with E-state index in [0.29, 0.717) is 0 Å². The molecular formula is C66H70S4. The van der Waals surface area contributed by atoms with Crippen LogP contribution >= 0.6 is 47.0 Å². The lowest BCUT2D eigenvalue weighted by Gasteiger charge is -2.18. The molecule has 0 aliphatic heterocycles. The molecule has 0 radical (unpaired) electrons. The number of hydrogen-bond acceptors (Lipinski definition) is 4. The number of thioether (sulfide) groups is 4. The SMILES string of the molecule is CCCCCCCCSc1c2cc3ccccc3cc2c(SCCCCCCSc2c3cc4ccccc4cc3c(SCCCCCCCC)c3cc4ccccc4cc23)c2cc3ccccc3cc12. The number of hydrogen-bond donors (Lipinski definition) is 0. The average Bonchev–Trinajstić information content (AvgIpc) is 3.39. The molecule has 0 unspecified atom stereocenters. The van der Waals surface area contributed by atoms with Crippen LogP contribution in [-0.4, -0.2) is 23.0 Å². The molecule has 0 saturated carbocycles. The highest BCUT2D eigenvalue weighted by Crippen LogP contribution is 2.48. The van der Waals surface area contributed by atoms with Crippen molar-refractivity contribution in [1.82, 2.24) is 0 Å². The van der Waals surface area contributed by atoms with Gasteiger partial charge in [-0.3, -0.25) is 0 Å². The summed E-state index contributed by atoms with van der Waals surface area (Å²) < 4.78 is 0. The first-order valence-corrected chi connectivity index (χ1v) is 30.8. The third-order valence-electron chi connectivity index (χ3n) is 14.5. The zero-order valence-electron chi connectivity index (χ0n) is 41.6. The summed E-state index contributed by atoms with van der Waals surface area (Å²) in [6, 6.07) is 56.0. The molecular weight excluding hydrogens is 921 g/mol. The predicted octanol–water partition coefficient (Wildman–Crippen LogP) is 22.3. The maximum atomic E-state index is 2.51. The van der Waals surface area contributed by atoms with Crippen LogP contribution in [0.1, 0.15) is 117 Å². The lowest BCUT2D eigenvalue weighted by Crippen LogP contribution is -1.93. The van der Waals surface area contributed by atoms with Gasteiger partial charge in [0.1, 0.15) is 0 Å². The Balaban J connectivity index is 0.873. The highest BCUT2D eigenvalue weighted by molar-refractivity contribution is 8.00. The molecule has 0 bridgehead atoms. The molecule has 0 aliphatic rings. The second-order valence-electron chi connectivity index (χ2n) is 19.6. The molecule has 358 valence electrons. The Hall–Kier alpha value is -4.32. The van der Waals surface area contributed by atoms with Crippen LogP contribution in [0.25, 0.3) is 86.2 Å². The van der Waals surface area contributed by atoms with Gasteiger partial charge in [0.2, 0.25) is 0 Å². The number of benzene rings is 10. The van der Waals surface area contributed by atoms with E-state index in [9.17, 15) is 0 Å². The first kappa shape index (κ1) is 49.3. The van der Waals surface area contributed by atoms with E-state index in [2.05, 4.69) is 206 Å². The van der Waals surface area contributed by atoms with Crippen LogP contribution < -0.4 is 0 Å². The fourth-order valence-electron chi connectivity index (χ4n) is 10.7. The molecule has 0 amide bonds. The van der Waals surface area contributed by atoms with Gasteiger partial charge < -0.3 is 0 Å². The van der Waals surface area contributed by atoms with E-state index in [4.69, 9.17) is 0 Å². The minimum Gasteiger partial charge on any atom is -0.125 e. The Morgan fingerprint density at radius 3 is 0.586 bits per heavy atom. The second kappa shape index (κ2) is 24.4. The third-order valence-corrected chi connectivity index (χ3v) is 19.4. The quantitative estimate of drug-likeness (QED) is 0.0318. The van der Waals surface area contributed by atoms with Gasteiger partial charge in [-0.15, -0.1) is 47.0 Å². The summed E-state index contributed by atoms with van der Waals surface area (Å²) in [5, 5.41) is 22.2. The van der Waals surface area contributed by atoms with E-state index in [-0.39, 0.29) is 0 Å².